The summed E-state index contributed by atoms with van der Waals surface area (Å²) in [5.74, 6) is -1.42. The number of benzene rings is 1. The summed E-state index contributed by atoms with van der Waals surface area (Å²) < 4.78 is 20.7. The molecular weight excluding hydrogens is 517 g/mol. The fraction of sp³-hybridized carbons (Fsp3) is 0.655. The summed E-state index contributed by atoms with van der Waals surface area (Å²) in [5, 5.41) is 2.30. The molecule has 0 saturated carbocycles. The second-order valence-corrected chi connectivity index (χ2v) is 12.4. The first-order valence-corrected chi connectivity index (χ1v) is 14.4. The molecule has 0 radical (unpaired) electrons. The largest absolute Gasteiger partial charge is 0.444 e. The predicted octanol–water partition coefficient (Wildman–Crippen LogP) is 2.32. The quantitative estimate of drug-likeness (QED) is 0.555. The van der Waals surface area contributed by atoms with E-state index in [0.717, 1.165) is 57.7 Å². The summed E-state index contributed by atoms with van der Waals surface area (Å²) in [6.45, 7) is 12.5. The maximum absolute atomic E-state index is 15.2. The maximum atomic E-state index is 15.2. The Morgan fingerprint density at radius 2 is 1.62 bits per heavy atom. The Hall–Kier alpha value is -3.05. The highest BCUT2D eigenvalue weighted by molar-refractivity contribution is 6.05. The molecule has 0 spiro atoms. The van der Waals surface area contributed by atoms with E-state index >= 15 is 4.39 Å². The van der Waals surface area contributed by atoms with Crippen LogP contribution in [0.4, 0.5) is 9.18 Å². The Bertz CT molecular complexity index is 1170. The third-order valence-electron chi connectivity index (χ3n) is 8.42. The van der Waals surface area contributed by atoms with E-state index in [9.17, 15) is 19.2 Å². The number of piperidine rings is 2. The number of likely N-dealkylation sites (tertiary alicyclic amines) is 1. The fourth-order valence-electron chi connectivity index (χ4n) is 6.15. The molecule has 1 aromatic carbocycles. The van der Waals surface area contributed by atoms with Crippen molar-refractivity contribution in [3.63, 3.8) is 0 Å². The van der Waals surface area contributed by atoms with Gasteiger partial charge in [0.05, 0.1) is 0 Å². The van der Waals surface area contributed by atoms with Crippen molar-refractivity contribution in [2.75, 3.05) is 52.4 Å². The summed E-state index contributed by atoms with van der Waals surface area (Å²) >= 11 is 0. The topological polar surface area (TPSA) is 102 Å². The van der Waals surface area contributed by atoms with Gasteiger partial charge >= 0.3 is 6.09 Å². The third-order valence-corrected chi connectivity index (χ3v) is 8.42. The molecule has 3 saturated heterocycles. The smallest absolute Gasteiger partial charge is 0.410 e. The summed E-state index contributed by atoms with van der Waals surface area (Å²) in [5.41, 5.74) is 1.22. The van der Waals surface area contributed by atoms with Gasteiger partial charge in [-0.2, -0.15) is 0 Å². The Labute approximate surface area is 234 Å². The number of amides is 4. The number of nitrogens with one attached hydrogen (secondary N) is 1. The van der Waals surface area contributed by atoms with Crippen LogP contribution in [-0.2, 0) is 20.9 Å². The average molecular weight is 558 g/mol. The molecule has 218 valence electrons. The first-order valence-electron chi connectivity index (χ1n) is 14.4. The van der Waals surface area contributed by atoms with Crippen molar-refractivity contribution in [3.8, 4) is 0 Å². The molecule has 3 fully saturated rings. The zero-order chi connectivity index (χ0) is 28.6. The molecule has 5 rings (SSSR count). The summed E-state index contributed by atoms with van der Waals surface area (Å²) in [7, 11) is 0. The van der Waals surface area contributed by atoms with E-state index in [1.807, 2.05) is 26.8 Å². The molecule has 11 heteroatoms. The number of rotatable bonds is 5. The molecule has 4 amide bonds. The van der Waals surface area contributed by atoms with E-state index in [-0.39, 0.29) is 49.0 Å². The predicted molar refractivity (Wildman–Crippen MR) is 145 cm³/mol. The Kier molecular flexibility index (Phi) is 8.15. The van der Waals surface area contributed by atoms with Crippen LogP contribution in [0.15, 0.2) is 12.1 Å². The van der Waals surface area contributed by atoms with E-state index < -0.39 is 17.6 Å². The number of halogens is 1. The first-order chi connectivity index (χ1) is 19.0. The zero-order valence-corrected chi connectivity index (χ0v) is 23.7. The molecule has 4 aliphatic rings. The SMILES string of the molecule is CC(C)(C)OC(=O)N1CCN(CCN2CCC(c3cc4c(cc3F)C(=O)N(C3CCC(=O)NC3=O)C4)CC2)CC1. The van der Waals surface area contributed by atoms with Crippen molar-refractivity contribution in [1.29, 1.82) is 0 Å². The first kappa shape index (κ1) is 28.5. The van der Waals surface area contributed by atoms with Crippen LogP contribution in [-0.4, -0.2) is 107 Å². The van der Waals surface area contributed by atoms with Gasteiger partial charge in [-0.05, 0) is 76.2 Å². The molecule has 10 nitrogen and oxygen atoms in total. The average Bonchev–Trinajstić information content (AvgIpc) is 3.21. The van der Waals surface area contributed by atoms with Crippen molar-refractivity contribution in [2.24, 2.45) is 0 Å². The van der Waals surface area contributed by atoms with E-state index in [4.69, 9.17) is 4.74 Å². The number of piperazine rings is 1. The number of carbonyl (C=O) groups is 4. The highest BCUT2D eigenvalue weighted by Crippen LogP contribution is 2.35. The van der Waals surface area contributed by atoms with E-state index in [0.29, 0.717) is 24.2 Å². The van der Waals surface area contributed by atoms with Gasteiger partial charge in [-0.15, -0.1) is 0 Å². The van der Waals surface area contributed by atoms with Gasteiger partial charge in [-0.1, -0.05) is 6.07 Å². The highest BCUT2D eigenvalue weighted by atomic mass is 19.1. The van der Waals surface area contributed by atoms with E-state index in [1.165, 1.54) is 11.0 Å². The standard InChI is InChI=1S/C29H40FN5O5/c1-29(2,3)40-28(39)34-14-12-33(13-15-34)11-10-32-8-6-19(7-9-32)21-16-20-18-35(27(38)22(20)17-23(21)30)24-4-5-25(36)31-26(24)37/h16-17,19,24H,4-15,18H2,1-3H3,(H,31,36,37). The Morgan fingerprint density at radius 3 is 2.25 bits per heavy atom. The lowest BCUT2D eigenvalue weighted by atomic mass is 9.87. The number of ether oxygens (including phenoxy) is 1. The van der Waals surface area contributed by atoms with Crippen LogP contribution in [0.5, 0.6) is 0 Å². The van der Waals surface area contributed by atoms with Crippen LogP contribution in [0.1, 0.15) is 73.9 Å². The van der Waals surface area contributed by atoms with Crippen LogP contribution in [0, 0.1) is 5.82 Å². The molecule has 1 unspecified atom stereocenters. The van der Waals surface area contributed by atoms with Crippen molar-refractivity contribution in [1.82, 2.24) is 24.9 Å². The number of fused-ring (bicyclic) bond motifs is 1. The Balaban J connectivity index is 1.10. The van der Waals surface area contributed by atoms with Crippen LogP contribution < -0.4 is 5.32 Å². The maximum Gasteiger partial charge on any atom is 0.410 e. The molecule has 0 bridgehead atoms. The lowest BCUT2D eigenvalue weighted by Crippen LogP contribution is -2.52. The van der Waals surface area contributed by atoms with E-state index in [1.54, 1.807) is 4.90 Å². The molecule has 40 heavy (non-hydrogen) atoms. The fourth-order valence-corrected chi connectivity index (χ4v) is 6.15. The van der Waals surface area contributed by atoms with Crippen LogP contribution >= 0.6 is 0 Å². The van der Waals surface area contributed by atoms with Crippen LogP contribution in [0.2, 0.25) is 0 Å². The summed E-state index contributed by atoms with van der Waals surface area (Å²) in [6.07, 6.45) is 1.91. The summed E-state index contributed by atoms with van der Waals surface area (Å²) in [4.78, 5) is 57.1. The number of nitrogens with zero attached hydrogens (tertiary/aromatic N) is 4. The number of hydrogen-bond donors (Lipinski definition) is 1. The second kappa shape index (κ2) is 11.4. The number of carbonyl (C=O) groups excluding carboxylic acids is 4. The minimum Gasteiger partial charge on any atom is -0.444 e. The van der Waals surface area contributed by atoms with Gasteiger partial charge in [0, 0.05) is 57.8 Å². The molecule has 1 aromatic rings. The summed E-state index contributed by atoms with van der Waals surface area (Å²) in [6, 6.07) is 2.45. The minimum atomic E-state index is -0.701. The lowest BCUT2D eigenvalue weighted by Gasteiger charge is -2.37. The van der Waals surface area contributed by atoms with Crippen LogP contribution in [0.25, 0.3) is 0 Å². The number of imide groups is 1. The van der Waals surface area contributed by atoms with Gasteiger partial charge in [0.2, 0.25) is 11.8 Å². The molecule has 0 aromatic heterocycles. The van der Waals surface area contributed by atoms with Crippen molar-refractivity contribution >= 4 is 23.8 Å². The van der Waals surface area contributed by atoms with Crippen molar-refractivity contribution in [3.05, 3.63) is 34.6 Å². The van der Waals surface area contributed by atoms with Gasteiger partial charge in [0.15, 0.2) is 0 Å². The normalized spacial score (nSPS) is 23.4. The van der Waals surface area contributed by atoms with Gasteiger partial charge < -0.3 is 19.4 Å². The monoisotopic (exact) mass is 557 g/mol. The minimum absolute atomic E-state index is 0.0821. The van der Waals surface area contributed by atoms with Gasteiger partial charge in [0.25, 0.3) is 5.91 Å². The van der Waals surface area contributed by atoms with Crippen LogP contribution in [0.3, 0.4) is 0 Å². The van der Waals surface area contributed by atoms with Gasteiger partial charge in [-0.3, -0.25) is 24.6 Å². The van der Waals surface area contributed by atoms with E-state index in [2.05, 4.69) is 15.1 Å². The molecular formula is C29H40FN5O5. The molecule has 1 atom stereocenters. The molecule has 0 aliphatic carbocycles. The van der Waals surface area contributed by atoms with Crippen molar-refractivity contribution < 1.29 is 28.3 Å². The lowest BCUT2D eigenvalue weighted by molar-refractivity contribution is -0.136. The van der Waals surface area contributed by atoms with Gasteiger partial charge in [0.1, 0.15) is 17.5 Å². The highest BCUT2D eigenvalue weighted by Gasteiger charge is 2.40. The molecule has 1 N–H and O–H groups in total. The second-order valence-electron chi connectivity index (χ2n) is 12.4. The van der Waals surface area contributed by atoms with Gasteiger partial charge in [-0.25, -0.2) is 9.18 Å². The molecule has 4 heterocycles. The molecule has 4 aliphatic heterocycles. The Morgan fingerprint density at radius 1 is 0.975 bits per heavy atom. The number of hydrogen-bond acceptors (Lipinski definition) is 7. The third kappa shape index (κ3) is 6.30. The van der Waals surface area contributed by atoms with Crippen molar-refractivity contribution in [2.45, 2.75) is 70.6 Å². The zero-order valence-electron chi connectivity index (χ0n) is 23.7.